The number of sulfonamides is 1. The number of amidine groups is 1. The number of aromatic nitrogens is 1. The van der Waals surface area contributed by atoms with Gasteiger partial charge in [0.2, 0.25) is 15.9 Å². The molecule has 36 heavy (non-hydrogen) atoms. The maximum atomic E-state index is 13.2. The van der Waals surface area contributed by atoms with Crippen LogP contribution in [0.1, 0.15) is 38.7 Å². The highest BCUT2D eigenvalue weighted by atomic mass is 32.2. The molecule has 0 saturated carbocycles. The first-order chi connectivity index (χ1) is 17.3. The van der Waals surface area contributed by atoms with Crippen LogP contribution in [-0.2, 0) is 14.8 Å². The average molecular weight is 511 g/mol. The minimum Gasteiger partial charge on any atom is -0.387 e. The lowest BCUT2D eigenvalue weighted by atomic mass is 10.0. The molecule has 1 amide bonds. The van der Waals surface area contributed by atoms with Crippen molar-refractivity contribution in [3.63, 3.8) is 0 Å². The van der Waals surface area contributed by atoms with Crippen molar-refractivity contribution in [2.24, 2.45) is 10.7 Å². The lowest BCUT2D eigenvalue weighted by Crippen LogP contribution is -2.46. The number of carbonyl (C=O) groups excluding carboxylic acids is 1. The summed E-state index contributed by atoms with van der Waals surface area (Å²) in [6.45, 7) is 7.64. The molecular weight excluding hydrogens is 476 g/mol. The van der Waals surface area contributed by atoms with Gasteiger partial charge in [-0.1, -0.05) is 26.0 Å². The third-order valence-corrected chi connectivity index (χ3v) is 8.17. The van der Waals surface area contributed by atoms with Crippen molar-refractivity contribution in [1.29, 1.82) is 0 Å². The summed E-state index contributed by atoms with van der Waals surface area (Å²) in [6, 6.07) is 7.29. The molecule has 2 aliphatic heterocycles. The number of pyridine rings is 1. The number of nitrogens with zero attached hydrogens (tertiary/aromatic N) is 4. The molecular formula is C26H34N6O3S. The predicted octanol–water partition coefficient (Wildman–Crippen LogP) is 2.77. The van der Waals surface area contributed by atoms with Crippen molar-refractivity contribution in [1.82, 2.24) is 19.5 Å². The van der Waals surface area contributed by atoms with Gasteiger partial charge >= 0.3 is 0 Å². The Balaban J connectivity index is 1.66. The highest BCUT2D eigenvalue weighted by molar-refractivity contribution is 7.89. The second kappa shape index (κ2) is 11.3. The first-order valence-corrected chi connectivity index (χ1v) is 13.9. The van der Waals surface area contributed by atoms with Gasteiger partial charge in [0, 0.05) is 74.8 Å². The number of hydrogen-bond donors (Lipinski definition) is 2. The average Bonchev–Trinajstić information content (AvgIpc) is 3.06. The number of rotatable bonds is 8. The Labute approximate surface area is 213 Å². The largest absolute Gasteiger partial charge is 0.387 e. The van der Waals surface area contributed by atoms with Gasteiger partial charge in [0.25, 0.3) is 0 Å². The summed E-state index contributed by atoms with van der Waals surface area (Å²) in [4.78, 5) is 24.0. The summed E-state index contributed by atoms with van der Waals surface area (Å²) in [5, 5.41) is 3.17. The molecule has 4 rings (SSSR count). The van der Waals surface area contributed by atoms with Crippen molar-refractivity contribution in [3.8, 4) is 11.1 Å². The van der Waals surface area contributed by atoms with Crippen LogP contribution in [0.15, 0.2) is 52.1 Å². The number of nitrogens with one attached hydrogen (secondary N) is 1. The van der Waals surface area contributed by atoms with Crippen LogP contribution >= 0.6 is 0 Å². The van der Waals surface area contributed by atoms with E-state index in [9.17, 15) is 13.2 Å². The van der Waals surface area contributed by atoms with Gasteiger partial charge in [-0.25, -0.2) is 13.4 Å². The third-order valence-electron chi connectivity index (χ3n) is 6.30. The van der Waals surface area contributed by atoms with Crippen molar-refractivity contribution in [2.45, 2.75) is 38.0 Å². The Hall–Kier alpha value is -3.08. The minimum absolute atomic E-state index is 0.0104. The van der Waals surface area contributed by atoms with Crippen LogP contribution in [-0.4, -0.2) is 73.6 Å². The normalized spacial score (nSPS) is 16.5. The molecule has 0 aliphatic carbocycles. The van der Waals surface area contributed by atoms with Crippen LogP contribution in [0.2, 0.25) is 0 Å². The van der Waals surface area contributed by atoms with E-state index in [4.69, 9.17) is 5.73 Å². The van der Waals surface area contributed by atoms with E-state index in [0.717, 1.165) is 24.0 Å². The molecule has 9 nitrogen and oxygen atoms in total. The lowest BCUT2D eigenvalue weighted by molar-refractivity contribution is -0.127. The van der Waals surface area contributed by atoms with Gasteiger partial charge in [0.05, 0.1) is 5.69 Å². The number of piperazine rings is 1. The van der Waals surface area contributed by atoms with E-state index in [0.29, 0.717) is 61.9 Å². The molecule has 0 radical (unpaired) electrons. The number of aliphatic imine (C=N–C) groups is 1. The zero-order valence-corrected chi connectivity index (χ0v) is 21.7. The molecule has 3 N–H and O–H groups in total. The smallest absolute Gasteiger partial charge is 0.250 e. The molecule has 3 heterocycles. The first-order valence-electron chi connectivity index (χ1n) is 12.5. The van der Waals surface area contributed by atoms with E-state index < -0.39 is 10.0 Å². The Morgan fingerprint density at radius 1 is 1.08 bits per heavy atom. The van der Waals surface area contributed by atoms with Crippen molar-refractivity contribution >= 4 is 33.5 Å². The number of carbonyl (C=O) groups is 1. The van der Waals surface area contributed by atoms with Gasteiger partial charge in [-0.2, -0.15) is 4.31 Å². The van der Waals surface area contributed by atoms with Crippen molar-refractivity contribution in [2.75, 3.05) is 39.3 Å². The number of hydrogen-bond acceptors (Lipinski definition) is 7. The number of amides is 1. The van der Waals surface area contributed by atoms with E-state index in [2.05, 4.69) is 29.1 Å². The topological polar surface area (TPSA) is 121 Å². The standard InChI is InChI=1S/C26H34N6O3S/c1-3-9-31(10-4-2)26(33)21-13-20-6-5-19(15-24(20)30-25(27)16-21)22-14-23(18-29-17-22)36(34,35)32-11-7-28-8-12-32/h5-6,13-15,17-18,28H,3-4,7-12,16H2,1-2H3,(H2,27,30). The summed E-state index contributed by atoms with van der Waals surface area (Å²) in [5.74, 6) is 0.357. The molecule has 1 saturated heterocycles. The molecule has 192 valence electrons. The fraction of sp³-hybridized carbons (Fsp3) is 0.423. The molecule has 0 spiro atoms. The first kappa shape index (κ1) is 26.0. The Kier molecular flexibility index (Phi) is 8.17. The highest BCUT2D eigenvalue weighted by Gasteiger charge is 2.27. The van der Waals surface area contributed by atoms with Gasteiger partial charge in [0.1, 0.15) is 10.7 Å². The summed E-state index contributed by atoms with van der Waals surface area (Å²) in [5.41, 5.74) is 9.72. The Morgan fingerprint density at radius 2 is 1.81 bits per heavy atom. The van der Waals surface area contributed by atoms with E-state index in [1.807, 2.05) is 29.2 Å². The van der Waals surface area contributed by atoms with Crippen LogP contribution in [0.4, 0.5) is 5.69 Å². The van der Waals surface area contributed by atoms with Crippen LogP contribution in [0.5, 0.6) is 0 Å². The SMILES string of the molecule is CCCN(CCC)C(=O)C1=Cc2ccc(-c3cncc(S(=O)(=O)N4CCNCC4)c3)cc2N=C(N)C1. The molecule has 0 bridgehead atoms. The van der Waals surface area contributed by atoms with Crippen molar-refractivity contribution in [3.05, 3.63) is 47.8 Å². The number of nitrogens with two attached hydrogens (primary N) is 1. The quantitative estimate of drug-likeness (QED) is 0.563. The van der Waals surface area contributed by atoms with Crippen LogP contribution in [0.25, 0.3) is 17.2 Å². The zero-order valence-electron chi connectivity index (χ0n) is 20.9. The van der Waals surface area contributed by atoms with Gasteiger partial charge in [-0.05, 0) is 36.6 Å². The van der Waals surface area contributed by atoms with E-state index in [1.54, 1.807) is 12.3 Å². The highest BCUT2D eigenvalue weighted by Crippen LogP contribution is 2.33. The van der Waals surface area contributed by atoms with Gasteiger partial charge < -0.3 is 16.0 Å². The van der Waals surface area contributed by atoms with Crippen LogP contribution < -0.4 is 11.1 Å². The summed E-state index contributed by atoms with van der Waals surface area (Å²) in [6.07, 6.45) is 6.96. The fourth-order valence-electron chi connectivity index (χ4n) is 4.52. The zero-order chi connectivity index (χ0) is 25.7. The summed E-state index contributed by atoms with van der Waals surface area (Å²) in [7, 11) is -3.63. The van der Waals surface area contributed by atoms with Gasteiger partial charge in [0.15, 0.2) is 0 Å². The second-order valence-corrected chi connectivity index (χ2v) is 11.0. The van der Waals surface area contributed by atoms with Crippen molar-refractivity contribution < 1.29 is 13.2 Å². The monoisotopic (exact) mass is 510 g/mol. The van der Waals surface area contributed by atoms with Crippen LogP contribution in [0, 0.1) is 0 Å². The molecule has 2 aliphatic rings. The number of fused-ring (bicyclic) bond motifs is 1. The van der Waals surface area contributed by atoms with Crippen LogP contribution in [0.3, 0.4) is 0 Å². The minimum atomic E-state index is -3.63. The second-order valence-electron chi connectivity index (χ2n) is 9.08. The van der Waals surface area contributed by atoms with E-state index in [1.165, 1.54) is 10.5 Å². The predicted molar refractivity (Wildman–Crippen MR) is 142 cm³/mol. The summed E-state index contributed by atoms with van der Waals surface area (Å²) >= 11 is 0. The lowest BCUT2D eigenvalue weighted by Gasteiger charge is -2.26. The molecule has 2 aromatic rings. The maximum absolute atomic E-state index is 13.2. The fourth-order valence-corrected chi connectivity index (χ4v) is 5.95. The number of benzene rings is 1. The third kappa shape index (κ3) is 5.66. The maximum Gasteiger partial charge on any atom is 0.250 e. The molecule has 10 heteroatoms. The molecule has 1 fully saturated rings. The molecule has 0 unspecified atom stereocenters. The van der Waals surface area contributed by atoms with E-state index >= 15 is 0 Å². The Bertz CT molecular complexity index is 1280. The Morgan fingerprint density at radius 3 is 2.50 bits per heavy atom. The van der Waals surface area contributed by atoms with Gasteiger partial charge in [-0.15, -0.1) is 0 Å². The molecule has 1 aromatic heterocycles. The molecule has 1 aromatic carbocycles. The van der Waals surface area contributed by atoms with E-state index in [-0.39, 0.29) is 17.2 Å². The van der Waals surface area contributed by atoms with Gasteiger partial charge in [-0.3, -0.25) is 9.78 Å². The molecule has 0 atom stereocenters. The summed E-state index contributed by atoms with van der Waals surface area (Å²) < 4.78 is 27.7.